The Balaban J connectivity index is 1.38. The van der Waals surface area contributed by atoms with Crippen LogP contribution in [-0.4, -0.2) is 65.9 Å². The van der Waals surface area contributed by atoms with Gasteiger partial charge in [0, 0.05) is 50.4 Å². The molecule has 10 heteroatoms. The van der Waals surface area contributed by atoms with Crippen LogP contribution < -0.4 is 15.6 Å². The fourth-order valence-electron chi connectivity index (χ4n) is 3.42. The topological polar surface area (TPSA) is 117 Å². The minimum Gasteiger partial charge on any atom is -0.494 e. The third-order valence-electron chi connectivity index (χ3n) is 5.11. The van der Waals surface area contributed by atoms with Gasteiger partial charge in [0.05, 0.1) is 18.1 Å². The van der Waals surface area contributed by atoms with Crippen LogP contribution in [0.25, 0.3) is 0 Å². The van der Waals surface area contributed by atoms with E-state index in [2.05, 4.69) is 27.9 Å². The summed E-state index contributed by atoms with van der Waals surface area (Å²) in [5, 5.41) is 10.8. The fraction of sp³-hybridized carbons (Fsp3) is 0.364. The quantitative estimate of drug-likeness (QED) is 0.472. The van der Waals surface area contributed by atoms with Gasteiger partial charge in [0.15, 0.2) is 0 Å². The molecule has 2 aromatic rings. The summed E-state index contributed by atoms with van der Waals surface area (Å²) in [6.07, 6.45) is 0. The van der Waals surface area contributed by atoms with Crippen molar-refractivity contribution in [2.45, 2.75) is 13.5 Å². The van der Waals surface area contributed by atoms with Gasteiger partial charge in [0.25, 0.3) is 17.5 Å². The normalized spacial score (nSPS) is 14.5. The molecule has 170 valence electrons. The Morgan fingerprint density at radius 1 is 1.03 bits per heavy atom. The number of carbonyl (C=O) groups is 2. The highest BCUT2D eigenvalue weighted by Crippen LogP contribution is 2.15. The monoisotopic (exact) mass is 441 g/mol. The van der Waals surface area contributed by atoms with Crippen molar-refractivity contribution in [3.63, 3.8) is 0 Å². The van der Waals surface area contributed by atoms with Crippen LogP contribution in [0.4, 0.5) is 5.69 Å². The van der Waals surface area contributed by atoms with Gasteiger partial charge in [0.1, 0.15) is 5.75 Å². The lowest BCUT2D eigenvalue weighted by molar-refractivity contribution is -0.384. The third kappa shape index (κ3) is 6.76. The summed E-state index contributed by atoms with van der Waals surface area (Å²) in [5.74, 6) is -0.0874. The van der Waals surface area contributed by atoms with Gasteiger partial charge in [-0.1, -0.05) is 18.2 Å². The van der Waals surface area contributed by atoms with E-state index in [0.717, 1.165) is 44.5 Å². The minimum atomic E-state index is -0.609. The van der Waals surface area contributed by atoms with Gasteiger partial charge in [-0.3, -0.25) is 40.4 Å². The molecule has 1 saturated heterocycles. The predicted molar refractivity (Wildman–Crippen MR) is 118 cm³/mol. The summed E-state index contributed by atoms with van der Waals surface area (Å²) < 4.78 is 5.46. The SMILES string of the molecule is CCOc1ccc(CN2CCN(CC(=O)NNC(=O)c3cccc([N+](=O)[O-])c3)CC2)cc1. The van der Waals surface area contributed by atoms with Crippen LogP contribution in [0, 0.1) is 10.1 Å². The van der Waals surface area contributed by atoms with Crippen LogP contribution in [-0.2, 0) is 11.3 Å². The van der Waals surface area contributed by atoms with E-state index in [0.29, 0.717) is 6.61 Å². The van der Waals surface area contributed by atoms with Crippen molar-refractivity contribution in [1.82, 2.24) is 20.7 Å². The molecule has 0 aromatic heterocycles. The zero-order valence-corrected chi connectivity index (χ0v) is 18.0. The zero-order chi connectivity index (χ0) is 22.9. The van der Waals surface area contributed by atoms with E-state index in [1.54, 1.807) is 0 Å². The van der Waals surface area contributed by atoms with Crippen LogP contribution in [0.2, 0.25) is 0 Å². The first kappa shape index (κ1) is 23.2. The van der Waals surface area contributed by atoms with E-state index >= 15 is 0 Å². The Hall–Kier alpha value is -3.50. The number of rotatable bonds is 8. The Morgan fingerprint density at radius 2 is 1.72 bits per heavy atom. The first-order valence-electron chi connectivity index (χ1n) is 10.4. The summed E-state index contributed by atoms with van der Waals surface area (Å²) in [4.78, 5) is 38.9. The number of nitrogens with zero attached hydrogens (tertiary/aromatic N) is 3. The molecule has 32 heavy (non-hydrogen) atoms. The highest BCUT2D eigenvalue weighted by molar-refractivity contribution is 5.96. The number of ether oxygens (including phenoxy) is 1. The largest absolute Gasteiger partial charge is 0.494 e. The molecule has 0 radical (unpaired) electrons. The Kier molecular flexibility index (Phi) is 8.12. The van der Waals surface area contributed by atoms with Crippen LogP contribution in [0.15, 0.2) is 48.5 Å². The second-order valence-corrected chi connectivity index (χ2v) is 7.44. The molecule has 3 rings (SSSR count). The number of nitrogens with one attached hydrogen (secondary N) is 2. The summed E-state index contributed by atoms with van der Waals surface area (Å²) in [7, 11) is 0. The first-order valence-corrected chi connectivity index (χ1v) is 10.4. The van der Waals surface area contributed by atoms with E-state index in [9.17, 15) is 19.7 Å². The smallest absolute Gasteiger partial charge is 0.270 e. The van der Waals surface area contributed by atoms with Crippen molar-refractivity contribution in [3.8, 4) is 5.75 Å². The number of benzene rings is 2. The lowest BCUT2D eigenvalue weighted by atomic mass is 10.2. The second-order valence-electron chi connectivity index (χ2n) is 7.44. The van der Waals surface area contributed by atoms with Gasteiger partial charge in [-0.15, -0.1) is 0 Å². The predicted octanol–water partition coefficient (Wildman–Crippen LogP) is 1.57. The van der Waals surface area contributed by atoms with Gasteiger partial charge >= 0.3 is 0 Å². The number of piperazine rings is 1. The lowest BCUT2D eigenvalue weighted by Crippen LogP contribution is -2.51. The molecule has 1 aliphatic heterocycles. The number of nitro groups is 1. The molecular formula is C22H27N5O5. The summed E-state index contributed by atoms with van der Waals surface area (Å²) >= 11 is 0. The van der Waals surface area contributed by atoms with Crippen molar-refractivity contribution < 1.29 is 19.2 Å². The van der Waals surface area contributed by atoms with Gasteiger partial charge in [-0.05, 0) is 30.7 Å². The molecule has 1 heterocycles. The maximum absolute atomic E-state index is 12.2. The molecule has 2 N–H and O–H groups in total. The number of non-ortho nitro benzene ring substituents is 1. The van der Waals surface area contributed by atoms with E-state index in [1.807, 2.05) is 24.0 Å². The maximum atomic E-state index is 12.2. The van der Waals surface area contributed by atoms with Crippen LogP contribution in [0.1, 0.15) is 22.8 Å². The Morgan fingerprint density at radius 3 is 2.38 bits per heavy atom. The van der Waals surface area contributed by atoms with E-state index in [4.69, 9.17) is 4.74 Å². The molecule has 0 aliphatic carbocycles. The summed E-state index contributed by atoms with van der Waals surface area (Å²) in [5.41, 5.74) is 5.79. The standard InChI is InChI=1S/C22H27N5O5/c1-2-32-20-8-6-17(7-9-20)15-25-10-12-26(13-11-25)16-21(28)23-24-22(29)18-4-3-5-19(14-18)27(30)31/h3-9,14H,2,10-13,15-16H2,1H3,(H,23,28)(H,24,29). The second kappa shape index (κ2) is 11.2. The van der Waals surface area contributed by atoms with Gasteiger partial charge < -0.3 is 4.74 Å². The number of nitro benzene ring substituents is 1. The number of carbonyl (C=O) groups excluding carboxylic acids is 2. The molecule has 0 spiro atoms. The van der Waals surface area contributed by atoms with Crippen molar-refractivity contribution in [2.24, 2.45) is 0 Å². The van der Waals surface area contributed by atoms with Gasteiger partial charge in [-0.25, -0.2) is 0 Å². The summed E-state index contributed by atoms with van der Waals surface area (Å²) in [6, 6.07) is 13.4. The fourth-order valence-corrected chi connectivity index (χ4v) is 3.42. The van der Waals surface area contributed by atoms with E-state index in [-0.39, 0.29) is 23.7 Å². The molecule has 0 unspecified atom stereocenters. The zero-order valence-electron chi connectivity index (χ0n) is 18.0. The average molecular weight is 441 g/mol. The maximum Gasteiger partial charge on any atom is 0.270 e. The summed E-state index contributed by atoms with van der Waals surface area (Å²) in [6.45, 7) is 6.75. The van der Waals surface area contributed by atoms with E-state index < -0.39 is 10.8 Å². The molecular weight excluding hydrogens is 414 g/mol. The molecule has 0 saturated carbocycles. The molecule has 2 aromatic carbocycles. The molecule has 2 amide bonds. The van der Waals surface area contributed by atoms with Crippen molar-refractivity contribution in [2.75, 3.05) is 39.3 Å². The van der Waals surface area contributed by atoms with Crippen LogP contribution in [0.5, 0.6) is 5.75 Å². The highest BCUT2D eigenvalue weighted by Gasteiger charge is 2.19. The number of hydrogen-bond acceptors (Lipinski definition) is 7. The average Bonchev–Trinajstić information content (AvgIpc) is 2.80. The molecule has 0 atom stereocenters. The molecule has 1 fully saturated rings. The first-order chi connectivity index (χ1) is 15.4. The minimum absolute atomic E-state index is 0.0994. The number of hydrogen-bond donors (Lipinski definition) is 2. The van der Waals surface area contributed by atoms with Crippen LogP contribution in [0.3, 0.4) is 0 Å². The highest BCUT2D eigenvalue weighted by atomic mass is 16.6. The third-order valence-corrected chi connectivity index (χ3v) is 5.11. The van der Waals surface area contributed by atoms with Crippen molar-refractivity contribution in [1.29, 1.82) is 0 Å². The van der Waals surface area contributed by atoms with Gasteiger partial charge in [-0.2, -0.15) is 0 Å². The number of hydrazine groups is 1. The molecule has 1 aliphatic rings. The Labute approximate surface area is 186 Å². The van der Waals surface area contributed by atoms with Crippen LogP contribution >= 0.6 is 0 Å². The van der Waals surface area contributed by atoms with Crippen molar-refractivity contribution >= 4 is 17.5 Å². The molecule has 0 bridgehead atoms. The molecule has 10 nitrogen and oxygen atoms in total. The Bertz CT molecular complexity index is 942. The van der Waals surface area contributed by atoms with Crippen molar-refractivity contribution in [3.05, 3.63) is 69.8 Å². The van der Waals surface area contributed by atoms with E-state index in [1.165, 1.54) is 23.8 Å². The number of amides is 2. The van der Waals surface area contributed by atoms with Gasteiger partial charge in [0.2, 0.25) is 0 Å². The lowest BCUT2D eigenvalue weighted by Gasteiger charge is -2.34.